The molecule has 0 atom stereocenters. The van der Waals surface area contributed by atoms with E-state index < -0.39 is 0 Å². The Kier molecular flexibility index (Phi) is 6.64. The van der Waals surface area contributed by atoms with Gasteiger partial charge < -0.3 is 20.9 Å². The van der Waals surface area contributed by atoms with Crippen LogP contribution in [0.25, 0.3) is 0 Å². The molecule has 0 bridgehead atoms. The Morgan fingerprint density at radius 3 is 2.29 bits per heavy atom. The first-order valence-corrected chi connectivity index (χ1v) is 7.12. The van der Waals surface area contributed by atoms with Crippen LogP contribution in [0.15, 0.2) is 0 Å². The zero-order chi connectivity index (χ0) is 15.8. The van der Waals surface area contributed by atoms with Gasteiger partial charge in [-0.1, -0.05) is 0 Å². The van der Waals surface area contributed by atoms with Crippen molar-refractivity contribution in [1.29, 1.82) is 0 Å². The summed E-state index contributed by atoms with van der Waals surface area (Å²) in [6.07, 6.45) is 0.373. The number of hydrogen-bond acceptors (Lipinski definition) is 7. The van der Waals surface area contributed by atoms with Gasteiger partial charge in [0.05, 0.1) is 0 Å². The summed E-state index contributed by atoms with van der Waals surface area (Å²) in [5.74, 6) is 1.55. The molecule has 0 unspecified atom stereocenters. The van der Waals surface area contributed by atoms with Gasteiger partial charge in [0.1, 0.15) is 0 Å². The molecule has 0 aliphatic rings. The van der Waals surface area contributed by atoms with Crippen LogP contribution in [0, 0.1) is 0 Å². The molecule has 8 nitrogen and oxygen atoms in total. The number of nitrogens with one attached hydrogen (secondary N) is 3. The van der Waals surface area contributed by atoms with Crippen LogP contribution in [0.2, 0.25) is 0 Å². The van der Waals surface area contributed by atoms with Gasteiger partial charge in [-0.15, -0.1) is 0 Å². The summed E-state index contributed by atoms with van der Waals surface area (Å²) in [6.45, 7) is 7.04. The molecule has 0 fully saturated rings. The second-order valence-electron chi connectivity index (χ2n) is 5.11. The number of carbonyl (C=O) groups is 1. The highest BCUT2D eigenvalue weighted by Crippen LogP contribution is 2.11. The first-order chi connectivity index (χ1) is 9.92. The maximum Gasteiger partial charge on any atom is 0.231 e. The van der Waals surface area contributed by atoms with Gasteiger partial charge in [-0.3, -0.25) is 4.79 Å². The minimum absolute atomic E-state index is 0.00583. The van der Waals surface area contributed by atoms with E-state index in [0.717, 1.165) is 6.54 Å². The molecule has 0 saturated carbocycles. The number of hydrogen-bond donors (Lipinski definition) is 3. The standard InChI is InChI=1S/C13H25N7O/c1-6-14-11-17-12(19-13(18-11)20(4)5)15-8-7-10(21)16-9(2)3/h9H,6-8H2,1-5H3,(H,16,21)(H2,14,15,17,18,19). The van der Waals surface area contributed by atoms with E-state index in [1.54, 1.807) is 4.90 Å². The summed E-state index contributed by atoms with van der Waals surface area (Å²) < 4.78 is 0. The summed E-state index contributed by atoms with van der Waals surface area (Å²) in [5.41, 5.74) is 0. The largest absolute Gasteiger partial charge is 0.354 e. The number of nitrogens with zero attached hydrogens (tertiary/aromatic N) is 4. The zero-order valence-electron chi connectivity index (χ0n) is 13.4. The van der Waals surface area contributed by atoms with Gasteiger partial charge in [-0.2, -0.15) is 15.0 Å². The molecule has 0 aromatic carbocycles. The summed E-state index contributed by atoms with van der Waals surface area (Å²) in [4.78, 5) is 26.2. The van der Waals surface area contributed by atoms with E-state index in [1.165, 1.54) is 0 Å². The van der Waals surface area contributed by atoms with Gasteiger partial charge in [0.2, 0.25) is 23.8 Å². The summed E-state index contributed by atoms with van der Waals surface area (Å²) >= 11 is 0. The Hall–Kier alpha value is -2.12. The van der Waals surface area contributed by atoms with E-state index in [4.69, 9.17) is 0 Å². The average molecular weight is 295 g/mol. The fraction of sp³-hybridized carbons (Fsp3) is 0.692. The highest BCUT2D eigenvalue weighted by molar-refractivity contribution is 5.76. The van der Waals surface area contributed by atoms with Crippen LogP contribution in [-0.4, -0.2) is 54.1 Å². The molecule has 1 aromatic rings. The highest BCUT2D eigenvalue weighted by atomic mass is 16.1. The second-order valence-corrected chi connectivity index (χ2v) is 5.11. The average Bonchev–Trinajstić information content (AvgIpc) is 2.37. The van der Waals surface area contributed by atoms with Crippen molar-refractivity contribution < 1.29 is 4.79 Å². The first-order valence-electron chi connectivity index (χ1n) is 7.12. The third-order valence-corrected chi connectivity index (χ3v) is 2.44. The van der Waals surface area contributed by atoms with Gasteiger partial charge in [0.15, 0.2) is 0 Å². The molecule has 21 heavy (non-hydrogen) atoms. The van der Waals surface area contributed by atoms with Crippen LogP contribution in [0.1, 0.15) is 27.2 Å². The SMILES string of the molecule is CCNc1nc(NCCC(=O)NC(C)C)nc(N(C)C)n1. The molecular weight excluding hydrogens is 270 g/mol. The van der Waals surface area contributed by atoms with Gasteiger partial charge in [0, 0.05) is 39.6 Å². The van der Waals surface area contributed by atoms with Crippen LogP contribution in [0.5, 0.6) is 0 Å². The summed E-state index contributed by atoms with van der Waals surface area (Å²) in [6, 6.07) is 0.148. The van der Waals surface area contributed by atoms with Crippen LogP contribution >= 0.6 is 0 Å². The van der Waals surface area contributed by atoms with E-state index >= 15 is 0 Å². The molecule has 1 amide bonds. The van der Waals surface area contributed by atoms with E-state index in [1.807, 2.05) is 34.9 Å². The number of aromatic nitrogens is 3. The Morgan fingerprint density at radius 1 is 1.14 bits per heavy atom. The minimum atomic E-state index is 0.00583. The smallest absolute Gasteiger partial charge is 0.231 e. The quantitative estimate of drug-likeness (QED) is 0.649. The van der Waals surface area contributed by atoms with E-state index in [9.17, 15) is 4.79 Å². The first kappa shape index (κ1) is 16.9. The fourth-order valence-electron chi connectivity index (χ4n) is 1.56. The Morgan fingerprint density at radius 2 is 1.76 bits per heavy atom. The normalized spacial score (nSPS) is 10.4. The lowest BCUT2D eigenvalue weighted by Gasteiger charge is -2.14. The number of amides is 1. The van der Waals surface area contributed by atoms with Crippen molar-refractivity contribution in [2.45, 2.75) is 33.2 Å². The van der Waals surface area contributed by atoms with Crippen LogP contribution in [-0.2, 0) is 4.79 Å². The zero-order valence-corrected chi connectivity index (χ0v) is 13.4. The fourth-order valence-corrected chi connectivity index (χ4v) is 1.56. The number of carbonyl (C=O) groups excluding carboxylic acids is 1. The van der Waals surface area contributed by atoms with Crippen molar-refractivity contribution in [3.8, 4) is 0 Å². The van der Waals surface area contributed by atoms with Crippen LogP contribution in [0.4, 0.5) is 17.8 Å². The second kappa shape index (κ2) is 8.23. The Balaban J connectivity index is 2.63. The molecule has 0 aliphatic heterocycles. The number of anilines is 3. The lowest BCUT2D eigenvalue weighted by molar-refractivity contribution is -0.121. The van der Waals surface area contributed by atoms with Crippen LogP contribution < -0.4 is 20.9 Å². The van der Waals surface area contributed by atoms with E-state index in [-0.39, 0.29) is 11.9 Å². The highest BCUT2D eigenvalue weighted by Gasteiger charge is 2.08. The third-order valence-electron chi connectivity index (χ3n) is 2.44. The van der Waals surface area contributed by atoms with Crippen molar-refractivity contribution in [2.75, 3.05) is 42.7 Å². The maximum absolute atomic E-state index is 11.6. The van der Waals surface area contributed by atoms with E-state index in [0.29, 0.717) is 30.8 Å². The monoisotopic (exact) mass is 295 g/mol. The van der Waals surface area contributed by atoms with Gasteiger partial charge in [-0.05, 0) is 20.8 Å². The minimum Gasteiger partial charge on any atom is -0.354 e. The molecule has 0 radical (unpaired) electrons. The van der Waals surface area contributed by atoms with Crippen molar-refractivity contribution in [3.05, 3.63) is 0 Å². The molecule has 0 saturated heterocycles. The Bertz CT molecular complexity index is 462. The van der Waals surface area contributed by atoms with Crippen molar-refractivity contribution in [2.24, 2.45) is 0 Å². The predicted molar refractivity (Wildman–Crippen MR) is 84.7 cm³/mol. The molecule has 8 heteroatoms. The molecule has 3 N–H and O–H groups in total. The van der Waals surface area contributed by atoms with Gasteiger partial charge >= 0.3 is 0 Å². The van der Waals surface area contributed by atoms with Crippen molar-refractivity contribution >= 4 is 23.8 Å². The summed E-state index contributed by atoms with van der Waals surface area (Å²) in [5, 5.41) is 8.95. The third kappa shape index (κ3) is 6.24. The number of rotatable bonds is 8. The molecule has 1 heterocycles. The van der Waals surface area contributed by atoms with Gasteiger partial charge in [-0.25, -0.2) is 0 Å². The molecule has 0 spiro atoms. The van der Waals surface area contributed by atoms with E-state index in [2.05, 4.69) is 30.9 Å². The molecule has 0 aliphatic carbocycles. The lowest BCUT2D eigenvalue weighted by atomic mass is 10.3. The maximum atomic E-state index is 11.6. The van der Waals surface area contributed by atoms with Gasteiger partial charge in [0.25, 0.3) is 0 Å². The molecular formula is C13H25N7O. The van der Waals surface area contributed by atoms with Crippen molar-refractivity contribution in [3.63, 3.8) is 0 Å². The predicted octanol–water partition coefficient (Wildman–Crippen LogP) is 0.696. The summed E-state index contributed by atoms with van der Waals surface area (Å²) in [7, 11) is 3.73. The molecule has 1 rings (SSSR count). The Labute approximate surface area is 125 Å². The van der Waals surface area contributed by atoms with Crippen LogP contribution in [0.3, 0.4) is 0 Å². The lowest BCUT2D eigenvalue weighted by Crippen LogP contribution is -2.31. The molecule has 1 aromatic heterocycles. The van der Waals surface area contributed by atoms with Crippen molar-refractivity contribution in [1.82, 2.24) is 20.3 Å². The topological polar surface area (TPSA) is 95.1 Å². The molecule has 118 valence electrons.